The van der Waals surface area contributed by atoms with Crippen molar-refractivity contribution in [3.8, 4) is 5.75 Å². The molecular formula is C16H15F2NO2. The summed E-state index contributed by atoms with van der Waals surface area (Å²) < 4.78 is 31.9. The Morgan fingerprint density at radius 1 is 1.14 bits per heavy atom. The third-order valence-corrected chi connectivity index (χ3v) is 2.77. The molecule has 0 aliphatic heterocycles. The number of hydrogen-bond acceptors (Lipinski definition) is 2. The van der Waals surface area contributed by atoms with Crippen LogP contribution in [0.2, 0.25) is 0 Å². The van der Waals surface area contributed by atoms with E-state index in [-0.39, 0.29) is 5.69 Å². The molecule has 3 nitrogen and oxygen atoms in total. The lowest BCUT2D eigenvalue weighted by Gasteiger charge is -2.08. The molecule has 110 valence electrons. The summed E-state index contributed by atoms with van der Waals surface area (Å²) >= 11 is 0. The van der Waals surface area contributed by atoms with Gasteiger partial charge in [0.1, 0.15) is 17.4 Å². The molecule has 0 heterocycles. The maximum absolute atomic E-state index is 13.4. The molecule has 0 fully saturated rings. The van der Waals surface area contributed by atoms with Gasteiger partial charge in [0.2, 0.25) is 0 Å². The fourth-order valence-electron chi connectivity index (χ4n) is 1.71. The van der Waals surface area contributed by atoms with Crippen LogP contribution in [-0.2, 0) is 0 Å². The molecule has 0 aliphatic carbocycles. The van der Waals surface area contributed by atoms with Crippen LogP contribution in [0.4, 0.5) is 14.5 Å². The Bertz CT molecular complexity index is 627. The van der Waals surface area contributed by atoms with Gasteiger partial charge >= 0.3 is 0 Å². The molecule has 2 rings (SSSR count). The highest BCUT2D eigenvalue weighted by Crippen LogP contribution is 2.18. The zero-order valence-electron chi connectivity index (χ0n) is 11.5. The maximum Gasteiger partial charge on any atom is 0.255 e. The smallest absolute Gasteiger partial charge is 0.255 e. The molecule has 2 aromatic carbocycles. The molecule has 21 heavy (non-hydrogen) atoms. The number of amides is 1. The molecule has 1 amide bonds. The largest absolute Gasteiger partial charge is 0.494 e. The molecular weight excluding hydrogens is 276 g/mol. The Hall–Kier alpha value is -2.43. The van der Waals surface area contributed by atoms with E-state index in [0.717, 1.165) is 24.6 Å². The average molecular weight is 291 g/mol. The average Bonchev–Trinajstić information content (AvgIpc) is 2.49. The zero-order valence-corrected chi connectivity index (χ0v) is 11.5. The molecule has 0 atom stereocenters. The van der Waals surface area contributed by atoms with E-state index in [9.17, 15) is 13.6 Å². The van der Waals surface area contributed by atoms with Crippen LogP contribution in [0.15, 0.2) is 42.5 Å². The van der Waals surface area contributed by atoms with Gasteiger partial charge in [0.15, 0.2) is 0 Å². The second-order valence-electron chi connectivity index (χ2n) is 4.45. The molecule has 1 N–H and O–H groups in total. The zero-order chi connectivity index (χ0) is 15.2. The monoisotopic (exact) mass is 291 g/mol. The second kappa shape index (κ2) is 6.83. The van der Waals surface area contributed by atoms with E-state index < -0.39 is 17.5 Å². The lowest BCUT2D eigenvalue weighted by atomic mass is 10.2. The summed E-state index contributed by atoms with van der Waals surface area (Å²) in [7, 11) is 0. The molecule has 0 saturated heterocycles. The first-order valence-electron chi connectivity index (χ1n) is 6.59. The molecule has 0 radical (unpaired) electrons. The van der Waals surface area contributed by atoms with Crippen LogP contribution >= 0.6 is 0 Å². The second-order valence-corrected chi connectivity index (χ2v) is 4.45. The van der Waals surface area contributed by atoms with Crippen molar-refractivity contribution in [3.05, 3.63) is 59.7 Å². The molecule has 0 saturated carbocycles. The van der Waals surface area contributed by atoms with Gasteiger partial charge in [0.25, 0.3) is 5.91 Å². The highest BCUT2D eigenvalue weighted by atomic mass is 19.1. The molecule has 0 unspecified atom stereocenters. The predicted molar refractivity (Wildman–Crippen MR) is 76.5 cm³/mol. The van der Waals surface area contributed by atoms with Gasteiger partial charge in [-0.1, -0.05) is 6.92 Å². The van der Waals surface area contributed by atoms with Gasteiger partial charge in [-0.25, -0.2) is 8.78 Å². The van der Waals surface area contributed by atoms with Gasteiger partial charge in [-0.05, 0) is 42.8 Å². The van der Waals surface area contributed by atoms with Crippen molar-refractivity contribution >= 4 is 11.6 Å². The lowest BCUT2D eigenvalue weighted by molar-refractivity contribution is 0.102. The van der Waals surface area contributed by atoms with Crippen LogP contribution in [-0.4, -0.2) is 12.5 Å². The minimum absolute atomic E-state index is 0.189. The quantitative estimate of drug-likeness (QED) is 0.904. The van der Waals surface area contributed by atoms with Gasteiger partial charge in [0, 0.05) is 11.6 Å². The van der Waals surface area contributed by atoms with Crippen molar-refractivity contribution in [2.75, 3.05) is 11.9 Å². The van der Waals surface area contributed by atoms with Crippen molar-refractivity contribution < 1.29 is 18.3 Å². The summed E-state index contributed by atoms with van der Waals surface area (Å²) in [5.41, 5.74) is 0.147. The van der Waals surface area contributed by atoms with Crippen molar-refractivity contribution in [2.24, 2.45) is 0 Å². The Labute approximate surface area is 121 Å². The van der Waals surface area contributed by atoms with Crippen LogP contribution in [0.3, 0.4) is 0 Å². The van der Waals surface area contributed by atoms with E-state index in [4.69, 9.17) is 4.74 Å². The van der Waals surface area contributed by atoms with Gasteiger partial charge in [-0.2, -0.15) is 0 Å². The molecule has 5 heteroatoms. The first-order valence-corrected chi connectivity index (χ1v) is 6.59. The molecule has 2 aromatic rings. The number of halogens is 2. The molecule has 0 aromatic heterocycles. The Morgan fingerprint density at radius 2 is 1.86 bits per heavy atom. The van der Waals surface area contributed by atoms with Gasteiger partial charge in [0.05, 0.1) is 12.3 Å². The van der Waals surface area contributed by atoms with Crippen LogP contribution < -0.4 is 10.1 Å². The van der Waals surface area contributed by atoms with Crippen LogP contribution in [0.1, 0.15) is 23.7 Å². The molecule has 0 aliphatic rings. The first kappa shape index (κ1) is 15.0. The SMILES string of the molecule is CCCOc1ccc(C(=O)Nc2cc(F)ccc2F)cc1. The van der Waals surface area contributed by atoms with Crippen LogP contribution in [0.25, 0.3) is 0 Å². The number of carbonyl (C=O) groups excluding carboxylic acids is 1. The number of hydrogen-bond donors (Lipinski definition) is 1. The highest BCUT2D eigenvalue weighted by molar-refractivity contribution is 6.04. The number of anilines is 1. The third kappa shape index (κ3) is 4.02. The summed E-state index contributed by atoms with van der Waals surface area (Å²) in [6.45, 7) is 2.59. The van der Waals surface area contributed by atoms with E-state index in [2.05, 4.69) is 5.32 Å². The predicted octanol–water partition coefficient (Wildman–Crippen LogP) is 4.01. The Kier molecular flexibility index (Phi) is 4.87. The molecule has 0 spiro atoms. The van der Waals surface area contributed by atoms with Crippen molar-refractivity contribution in [2.45, 2.75) is 13.3 Å². The lowest BCUT2D eigenvalue weighted by Crippen LogP contribution is -2.13. The van der Waals surface area contributed by atoms with E-state index in [1.54, 1.807) is 24.3 Å². The van der Waals surface area contributed by atoms with Gasteiger partial charge < -0.3 is 10.1 Å². The number of nitrogens with one attached hydrogen (secondary N) is 1. The highest BCUT2D eigenvalue weighted by Gasteiger charge is 2.10. The summed E-state index contributed by atoms with van der Waals surface area (Å²) in [6.07, 6.45) is 0.890. The summed E-state index contributed by atoms with van der Waals surface area (Å²) in [6, 6.07) is 9.34. The standard InChI is InChI=1S/C16H15F2NO2/c1-2-9-21-13-6-3-11(4-7-13)16(20)19-15-10-12(17)5-8-14(15)18/h3-8,10H,2,9H2,1H3,(H,19,20). The maximum atomic E-state index is 13.4. The minimum atomic E-state index is -0.687. The van der Waals surface area contributed by atoms with Crippen molar-refractivity contribution in [1.82, 2.24) is 0 Å². The van der Waals surface area contributed by atoms with E-state index >= 15 is 0 Å². The fourth-order valence-corrected chi connectivity index (χ4v) is 1.71. The van der Waals surface area contributed by atoms with Gasteiger partial charge in [-0.3, -0.25) is 4.79 Å². The van der Waals surface area contributed by atoms with E-state index in [1.807, 2.05) is 6.92 Å². The number of ether oxygens (including phenoxy) is 1. The third-order valence-electron chi connectivity index (χ3n) is 2.77. The van der Waals surface area contributed by atoms with E-state index in [0.29, 0.717) is 17.9 Å². The summed E-state index contributed by atoms with van der Waals surface area (Å²) in [4.78, 5) is 12.0. The van der Waals surface area contributed by atoms with Crippen LogP contribution in [0, 0.1) is 11.6 Å². The van der Waals surface area contributed by atoms with Gasteiger partial charge in [-0.15, -0.1) is 0 Å². The van der Waals surface area contributed by atoms with Crippen molar-refractivity contribution in [3.63, 3.8) is 0 Å². The van der Waals surface area contributed by atoms with E-state index in [1.165, 1.54) is 0 Å². The van der Waals surface area contributed by atoms with Crippen molar-refractivity contribution in [1.29, 1.82) is 0 Å². The first-order chi connectivity index (χ1) is 10.1. The van der Waals surface area contributed by atoms with Crippen LogP contribution in [0.5, 0.6) is 5.75 Å². The summed E-state index contributed by atoms with van der Waals surface area (Å²) in [5, 5.41) is 2.34. The topological polar surface area (TPSA) is 38.3 Å². The number of rotatable bonds is 5. The normalized spacial score (nSPS) is 10.2. The molecule has 0 bridgehead atoms. The Morgan fingerprint density at radius 3 is 2.52 bits per heavy atom. The minimum Gasteiger partial charge on any atom is -0.494 e. The Balaban J connectivity index is 2.07. The summed E-state index contributed by atoms with van der Waals surface area (Å²) in [5.74, 6) is -1.16. The fraction of sp³-hybridized carbons (Fsp3) is 0.188. The number of benzene rings is 2. The number of carbonyl (C=O) groups is 1.